The molecular formula is C14H12F4N4O2. The zero-order valence-electron chi connectivity index (χ0n) is 12.0. The molecule has 0 atom stereocenters. The van der Waals surface area contributed by atoms with Crippen LogP contribution in [0.25, 0.3) is 0 Å². The Bertz CT molecular complexity index is 746. The highest BCUT2D eigenvalue weighted by Gasteiger charge is 2.22. The summed E-state index contributed by atoms with van der Waals surface area (Å²) >= 11 is 0. The molecule has 0 fully saturated rings. The topological polar surface area (TPSA) is 79.5 Å². The highest BCUT2D eigenvalue weighted by molar-refractivity contribution is 5.84. The molecule has 0 aliphatic heterocycles. The van der Waals surface area contributed by atoms with Crippen LogP contribution in [-0.2, 0) is 11.3 Å². The normalized spacial score (nSPS) is 11.6. The Hall–Kier alpha value is -2.91. The second-order valence-electron chi connectivity index (χ2n) is 4.61. The van der Waals surface area contributed by atoms with Gasteiger partial charge in [0.2, 0.25) is 0 Å². The van der Waals surface area contributed by atoms with Gasteiger partial charge in [-0.05, 0) is 18.2 Å². The van der Waals surface area contributed by atoms with Crippen molar-refractivity contribution in [3.8, 4) is 5.75 Å². The fraction of sp³-hybridized carbons (Fsp3) is 0.214. The first-order valence-electron chi connectivity index (χ1n) is 6.62. The maximum atomic E-state index is 12.8. The fourth-order valence-electron chi connectivity index (χ4n) is 1.80. The Morgan fingerprint density at radius 3 is 2.62 bits per heavy atom. The number of carbonyl (C=O) groups is 1. The van der Waals surface area contributed by atoms with E-state index in [-0.39, 0.29) is 5.75 Å². The number of amides is 1. The Labute approximate surface area is 133 Å². The number of phenolic OH excluding ortho intramolecular Hbond substituents is 1. The first-order valence-corrected chi connectivity index (χ1v) is 6.62. The van der Waals surface area contributed by atoms with E-state index >= 15 is 0 Å². The van der Waals surface area contributed by atoms with Gasteiger partial charge in [0.15, 0.2) is 0 Å². The summed E-state index contributed by atoms with van der Waals surface area (Å²) in [5.74, 6) is -0.906. The molecule has 0 aliphatic rings. The highest BCUT2D eigenvalue weighted by atomic mass is 19.3. The van der Waals surface area contributed by atoms with E-state index in [1.807, 2.05) is 5.43 Å². The molecule has 0 saturated carbocycles. The molecule has 128 valence electrons. The van der Waals surface area contributed by atoms with Crippen molar-refractivity contribution < 1.29 is 27.5 Å². The van der Waals surface area contributed by atoms with Gasteiger partial charge in [-0.25, -0.2) is 23.0 Å². The van der Waals surface area contributed by atoms with Gasteiger partial charge in [-0.15, -0.1) is 0 Å². The summed E-state index contributed by atoms with van der Waals surface area (Å²) in [5, 5.41) is 16.3. The van der Waals surface area contributed by atoms with E-state index in [1.54, 1.807) is 12.1 Å². The van der Waals surface area contributed by atoms with Crippen molar-refractivity contribution in [2.75, 3.05) is 0 Å². The molecule has 0 spiro atoms. The molecule has 0 unspecified atom stereocenters. The molecule has 6 nitrogen and oxygen atoms in total. The molecule has 2 aromatic rings. The molecule has 1 amide bonds. The lowest BCUT2D eigenvalue weighted by Gasteiger charge is -2.05. The van der Waals surface area contributed by atoms with Crippen LogP contribution in [0, 0.1) is 0 Å². The zero-order valence-corrected chi connectivity index (χ0v) is 12.0. The Kier molecular flexibility index (Phi) is 5.51. The van der Waals surface area contributed by atoms with Gasteiger partial charge in [0.05, 0.1) is 6.21 Å². The minimum atomic E-state index is -3.05. The largest absolute Gasteiger partial charge is 0.507 e. The van der Waals surface area contributed by atoms with E-state index in [9.17, 15) is 27.5 Å². The molecule has 1 aromatic heterocycles. The number of alkyl halides is 4. The van der Waals surface area contributed by atoms with Gasteiger partial charge in [-0.1, -0.05) is 12.1 Å². The fourth-order valence-corrected chi connectivity index (χ4v) is 1.80. The van der Waals surface area contributed by atoms with Crippen LogP contribution in [0.4, 0.5) is 17.6 Å². The summed E-state index contributed by atoms with van der Waals surface area (Å²) in [7, 11) is 0. The smallest absolute Gasteiger partial charge is 0.282 e. The maximum absolute atomic E-state index is 12.8. The minimum absolute atomic E-state index is 0.0656. The number of carbonyl (C=O) groups excluding carboxylic acids is 1. The van der Waals surface area contributed by atoms with E-state index in [0.29, 0.717) is 16.3 Å². The third kappa shape index (κ3) is 4.31. The number of phenols is 1. The third-order valence-corrected chi connectivity index (χ3v) is 2.90. The van der Waals surface area contributed by atoms with Crippen LogP contribution in [-0.4, -0.2) is 27.0 Å². The number of halogens is 4. The molecule has 0 aliphatic carbocycles. The Morgan fingerprint density at radius 2 is 2.00 bits per heavy atom. The maximum Gasteiger partial charge on any atom is 0.282 e. The van der Waals surface area contributed by atoms with Gasteiger partial charge < -0.3 is 5.11 Å². The molecule has 1 aromatic carbocycles. The van der Waals surface area contributed by atoms with E-state index < -0.39 is 36.7 Å². The summed E-state index contributed by atoms with van der Waals surface area (Å²) in [4.78, 5) is 11.7. The quantitative estimate of drug-likeness (QED) is 0.480. The predicted molar refractivity (Wildman–Crippen MR) is 76.0 cm³/mol. The van der Waals surface area contributed by atoms with Gasteiger partial charge in [0.25, 0.3) is 18.8 Å². The Balaban J connectivity index is 2.03. The Morgan fingerprint density at radius 1 is 1.29 bits per heavy atom. The summed E-state index contributed by atoms with van der Waals surface area (Å²) in [6, 6.07) is 6.72. The second kappa shape index (κ2) is 7.57. The van der Waals surface area contributed by atoms with Crippen molar-refractivity contribution in [2.24, 2.45) is 5.10 Å². The molecule has 1 heterocycles. The van der Waals surface area contributed by atoms with Crippen LogP contribution >= 0.6 is 0 Å². The number of aromatic hydroxyl groups is 1. The summed E-state index contributed by atoms with van der Waals surface area (Å²) in [6.07, 6.45) is -4.93. The van der Waals surface area contributed by atoms with Crippen LogP contribution in [0.2, 0.25) is 0 Å². The number of nitrogens with zero attached hydrogens (tertiary/aromatic N) is 3. The van der Waals surface area contributed by atoms with E-state index in [4.69, 9.17) is 0 Å². The first-order chi connectivity index (χ1) is 11.4. The van der Waals surface area contributed by atoms with Crippen molar-refractivity contribution in [1.82, 2.24) is 15.2 Å². The van der Waals surface area contributed by atoms with Crippen LogP contribution in [0.15, 0.2) is 35.4 Å². The van der Waals surface area contributed by atoms with Crippen molar-refractivity contribution >= 4 is 12.1 Å². The van der Waals surface area contributed by atoms with Crippen molar-refractivity contribution in [2.45, 2.75) is 19.4 Å². The number of hydrogen-bond donors (Lipinski definition) is 2. The molecule has 2 rings (SSSR count). The molecule has 2 N–H and O–H groups in total. The minimum Gasteiger partial charge on any atom is -0.507 e. The van der Waals surface area contributed by atoms with Crippen LogP contribution in [0.1, 0.15) is 29.8 Å². The molecule has 10 heteroatoms. The lowest BCUT2D eigenvalue weighted by atomic mass is 10.2. The molecule has 0 saturated heterocycles. The average molecular weight is 344 g/mol. The number of aromatic nitrogens is 2. The van der Waals surface area contributed by atoms with E-state index in [2.05, 4.69) is 10.2 Å². The lowest BCUT2D eigenvalue weighted by Crippen LogP contribution is -2.25. The van der Waals surface area contributed by atoms with Crippen molar-refractivity contribution in [1.29, 1.82) is 0 Å². The zero-order chi connectivity index (χ0) is 17.7. The van der Waals surface area contributed by atoms with E-state index in [0.717, 1.165) is 6.21 Å². The number of benzene rings is 1. The number of hydrazone groups is 1. The monoisotopic (exact) mass is 344 g/mol. The van der Waals surface area contributed by atoms with Crippen molar-refractivity contribution in [3.63, 3.8) is 0 Å². The van der Waals surface area contributed by atoms with Crippen molar-refractivity contribution in [3.05, 3.63) is 47.3 Å². The number of para-hydroxylation sites is 1. The molecule has 24 heavy (non-hydrogen) atoms. The standard InChI is InChI=1S/C14H12F4N4O2/c15-13(16)9-5-10(14(17)18)22(21-9)7-12(24)20-19-6-8-3-1-2-4-11(8)23/h1-6,13-14,23H,7H2,(H,20,24)/b19-6-. The summed E-state index contributed by atoms with van der Waals surface area (Å²) < 4.78 is 51.1. The number of hydrogen-bond acceptors (Lipinski definition) is 4. The SMILES string of the molecule is O=C(Cn1nc(C(F)F)cc1C(F)F)N/N=C\c1ccccc1O. The molecule has 0 bridgehead atoms. The van der Waals surface area contributed by atoms with Crippen LogP contribution < -0.4 is 5.43 Å². The third-order valence-electron chi connectivity index (χ3n) is 2.90. The first kappa shape index (κ1) is 17.4. The number of nitrogens with one attached hydrogen (secondary N) is 1. The second-order valence-corrected chi connectivity index (χ2v) is 4.61. The highest BCUT2D eigenvalue weighted by Crippen LogP contribution is 2.24. The van der Waals surface area contributed by atoms with Gasteiger partial charge in [-0.2, -0.15) is 10.2 Å². The average Bonchev–Trinajstić information content (AvgIpc) is 2.93. The summed E-state index contributed by atoms with van der Waals surface area (Å²) in [5.41, 5.74) is 0.738. The van der Waals surface area contributed by atoms with Gasteiger partial charge in [0.1, 0.15) is 23.7 Å². The molecule has 0 radical (unpaired) electrons. The summed E-state index contributed by atoms with van der Waals surface area (Å²) in [6.45, 7) is -0.704. The number of rotatable bonds is 6. The predicted octanol–water partition coefficient (Wildman–Crippen LogP) is 2.61. The van der Waals surface area contributed by atoms with E-state index in [1.165, 1.54) is 12.1 Å². The lowest BCUT2D eigenvalue weighted by molar-refractivity contribution is -0.121. The van der Waals surface area contributed by atoms with Crippen LogP contribution in [0.3, 0.4) is 0 Å². The molecular weight excluding hydrogens is 332 g/mol. The van der Waals surface area contributed by atoms with Gasteiger partial charge in [-0.3, -0.25) is 9.48 Å². The van der Waals surface area contributed by atoms with Gasteiger partial charge in [0, 0.05) is 5.56 Å². The van der Waals surface area contributed by atoms with Crippen LogP contribution in [0.5, 0.6) is 5.75 Å². The van der Waals surface area contributed by atoms with Gasteiger partial charge >= 0.3 is 0 Å².